The van der Waals surface area contributed by atoms with E-state index in [4.69, 9.17) is 4.74 Å². The predicted molar refractivity (Wildman–Crippen MR) is 91.3 cm³/mol. The number of amides is 1. The highest BCUT2D eigenvalue weighted by Crippen LogP contribution is 2.21. The first kappa shape index (κ1) is 16.5. The molecule has 2 aliphatic heterocycles. The first-order chi connectivity index (χ1) is 11.3. The highest BCUT2D eigenvalue weighted by atomic mass is 16.5. The predicted octanol–water partition coefficient (Wildman–Crippen LogP) is 2.24. The Bertz CT molecular complexity index is 477. The molecule has 1 aromatic carbocycles. The number of rotatable bonds is 6. The largest absolute Gasteiger partial charge is 0.377 e. The summed E-state index contributed by atoms with van der Waals surface area (Å²) in [6.45, 7) is 3.92. The number of ether oxygens (including phenoxy) is 1. The van der Waals surface area contributed by atoms with Gasteiger partial charge in [-0.15, -0.1) is 0 Å². The lowest BCUT2D eigenvalue weighted by atomic mass is 9.90. The summed E-state index contributed by atoms with van der Waals surface area (Å²) in [7, 11) is 0. The van der Waals surface area contributed by atoms with Gasteiger partial charge in [0.2, 0.25) is 5.91 Å². The summed E-state index contributed by atoms with van der Waals surface area (Å²) in [5.74, 6) is 0.947. The van der Waals surface area contributed by atoms with Crippen molar-refractivity contribution in [1.82, 2.24) is 10.2 Å². The molecular weight excluding hydrogens is 288 g/mol. The van der Waals surface area contributed by atoms with Gasteiger partial charge in [-0.1, -0.05) is 30.3 Å². The fourth-order valence-electron chi connectivity index (χ4n) is 3.59. The third-order valence-corrected chi connectivity index (χ3v) is 5.01. The molecule has 2 saturated heterocycles. The summed E-state index contributed by atoms with van der Waals surface area (Å²) in [4.78, 5) is 14.3. The zero-order valence-electron chi connectivity index (χ0n) is 13.9. The van der Waals surface area contributed by atoms with Crippen LogP contribution < -0.4 is 5.32 Å². The van der Waals surface area contributed by atoms with Crippen LogP contribution in [0.3, 0.4) is 0 Å². The van der Waals surface area contributed by atoms with Crippen LogP contribution in [-0.4, -0.2) is 49.7 Å². The first-order valence-electron chi connectivity index (χ1n) is 8.95. The van der Waals surface area contributed by atoms with Crippen LogP contribution in [0.4, 0.5) is 0 Å². The van der Waals surface area contributed by atoms with Crippen molar-refractivity contribution in [2.45, 2.75) is 38.2 Å². The molecule has 2 aliphatic rings. The topological polar surface area (TPSA) is 41.6 Å². The molecule has 1 unspecified atom stereocenters. The fourth-order valence-corrected chi connectivity index (χ4v) is 3.59. The Balaban J connectivity index is 1.34. The van der Waals surface area contributed by atoms with Crippen LogP contribution in [-0.2, 0) is 16.0 Å². The van der Waals surface area contributed by atoms with E-state index in [2.05, 4.69) is 35.6 Å². The zero-order valence-corrected chi connectivity index (χ0v) is 13.9. The molecule has 1 aromatic rings. The van der Waals surface area contributed by atoms with Crippen molar-refractivity contribution >= 4 is 5.91 Å². The van der Waals surface area contributed by atoms with Crippen LogP contribution >= 0.6 is 0 Å². The highest BCUT2D eigenvalue weighted by Gasteiger charge is 2.23. The van der Waals surface area contributed by atoms with E-state index < -0.39 is 0 Å². The van der Waals surface area contributed by atoms with Gasteiger partial charge in [0.15, 0.2) is 0 Å². The number of benzene rings is 1. The zero-order chi connectivity index (χ0) is 15.9. The normalized spacial score (nSPS) is 22.4. The minimum atomic E-state index is 0.237. The molecule has 1 N–H and O–H groups in total. The van der Waals surface area contributed by atoms with E-state index in [9.17, 15) is 4.79 Å². The van der Waals surface area contributed by atoms with Gasteiger partial charge in [0.05, 0.1) is 12.6 Å². The summed E-state index contributed by atoms with van der Waals surface area (Å²) < 4.78 is 5.56. The number of hydrogen-bond donors (Lipinski definition) is 1. The van der Waals surface area contributed by atoms with E-state index in [-0.39, 0.29) is 5.91 Å². The van der Waals surface area contributed by atoms with Crippen LogP contribution in [0, 0.1) is 5.92 Å². The van der Waals surface area contributed by atoms with Crippen molar-refractivity contribution in [2.75, 3.05) is 32.8 Å². The van der Waals surface area contributed by atoms with Crippen molar-refractivity contribution in [2.24, 2.45) is 5.92 Å². The van der Waals surface area contributed by atoms with Crippen molar-refractivity contribution in [3.63, 3.8) is 0 Å². The Morgan fingerprint density at radius 3 is 2.65 bits per heavy atom. The van der Waals surface area contributed by atoms with E-state index in [0.29, 0.717) is 18.6 Å². The molecule has 4 nitrogen and oxygen atoms in total. The molecule has 3 rings (SSSR count). The van der Waals surface area contributed by atoms with Gasteiger partial charge < -0.3 is 15.0 Å². The second kappa shape index (κ2) is 8.46. The molecule has 2 heterocycles. The summed E-state index contributed by atoms with van der Waals surface area (Å²) in [5.41, 5.74) is 1.41. The van der Waals surface area contributed by atoms with E-state index in [1.165, 1.54) is 5.56 Å². The van der Waals surface area contributed by atoms with Gasteiger partial charge in [0.1, 0.15) is 0 Å². The maximum atomic E-state index is 12.3. The maximum absolute atomic E-state index is 12.3. The third kappa shape index (κ3) is 5.05. The monoisotopic (exact) mass is 316 g/mol. The number of piperidine rings is 1. The lowest BCUT2D eigenvalue weighted by molar-refractivity contribution is -0.131. The number of likely N-dealkylation sites (tertiary alicyclic amines) is 1. The van der Waals surface area contributed by atoms with Gasteiger partial charge in [-0.05, 0) is 43.6 Å². The van der Waals surface area contributed by atoms with Crippen LogP contribution in [0.2, 0.25) is 0 Å². The SMILES string of the molecule is O=C(CNCC1CCCO1)N1CCC(Cc2ccccc2)CC1. The standard InChI is InChI=1S/C19H28N2O2/c22-19(15-20-14-18-7-4-12-23-18)21-10-8-17(9-11-21)13-16-5-2-1-3-6-16/h1-3,5-6,17-18,20H,4,7-15H2. The average Bonchev–Trinajstić information content (AvgIpc) is 3.10. The third-order valence-electron chi connectivity index (χ3n) is 5.01. The van der Waals surface area contributed by atoms with Gasteiger partial charge in [0.25, 0.3) is 0 Å². The summed E-state index contributed by atoms with van der Waals surface area (Å²) >= 11 is 0. The Morgan fingerprint density at radius 1 is 1.17 bits per heavy atom. The molecule has 1 atom stereocenters. The maximum Gasteiger partial charge on any atom is 0.236 e. The lowest BCUT2D eigenvalue weighted by Gasteiger charge is -2.32. The molecule has 1 amide bonds. The Kier molecular flexibility index (Phi) is 6.06. The van der Waals surface area contributed by atoms with Crippen LogP contribution in [0.1, 0.15) is 31.2 Å². The van der Waals surface area contributed by atoms with Gasteiger partial charge in [-0.25, -0.2) is 0 Å². The quantitative estimate of drug-likeness (QED) is 0.875. The minimum absolute atomic E-state index is 0.237. The van der Waals surface area contributed by atoms with Gasteiger partial charge in [-0.3, -0.25) is 4.79 Å². The van der Waals surface area contributed by atoms with E-state index in [1.807, 2.05) is 4.90 Å². The van der Waals surface area contributed by atoms with Crippen molar-refractivity contribution in [3.05, 3.63) is 35.9 Å². The molecule has 2 fully saturated rings. The fraction of sp³-hybridized carbons (Fsp3) is 0.632. The van der Waals surface area contributed by atoms with E-state index >= 15 is 0 Å². The molecule has 126 valence electrons. The molecule has 0 radical (unpaired) electrons. The van der Waals surface area contributed by atoms with Crippen molar-refractivity contribution in [3.8, 4) is 0 Å². The first-order valence-corrected chi connectivity index (χ1v) is 8.95. The van der Waals surface area contributed by atoms with Gasteiger partial charge >= 0.3 is 0 Å². The van der Waals surface area contributed by atoms with Crippen LogP contribution in [0.5, 0.6) is 0 Å². The minimum Gasteiger partial charge on any atom is -0.377 e. The molecule has 4 heteroatoms. The molecular formula is C19H28N2O2. The van der Waals surface area contributed by atoms with Crippen LogP contribution in [0.15, 0.2) is 30.3 Å². The molecule has 0 bridgehead atoms. The lowest BCUT2D eigenvalue weighted by Crippen LogP contribution is -2.44. The average molecular weight is 316 g/mol. The second-order valence-corrected chi connectivity index (χ2v) is 6.78. The van der Waals surface area contributed by atoms with Crippen molar-refractivity contribution in [1.29, 1.82) is 0 Å². The van der Waals surface area contributed by atoms with Crippen LogP contribution in [0.25, 0.3) is 0 Å². The smallest absolute Gasteiger partial charge is 0.236 e. The van der Waals surface area contributed by atoms with E-state index in [1.54, 1.807) is 0 Å². The molecule has 0 saturated carbocycles. The Labute approximate surface area is 139 Å². The number of nitrogens with one attached hydrogen (secondary N) is 1. The Morgan fingerprint density at radius 2 is 1.96 bits per heavy atom. The van der Waals surface area contributed by atoms with E-state index in [0.717, 1.165) is 58.3 Å². The summed E-state index contributed by atoms with van der Waals surface area (Å²) in [6.07, 6.45) is 5.94. The summed E-state index contributed by atoms with van der Waals surface area (Å²) in [5, 5.41) is 3.26. The van der Waals surface area contributed by atoms with Crippen molar-refractivity contribution < 1.29 is 9.53 Å². The molecule has 0 spiro atoms. The number of nitrogens with zero attached hydrogens (tertiary/aromatic N) is 1. The van der Waals surface area contributed by atoms with Gasteiger partial charge in [-0.2, -0.15) is 0 Å². The molecule has 23 heavy (non-hydrogen) atoms. The number of carbonyl (C=O) groups excluding carboxylic acids is 1. The second-order valence-electron chi connectivity index (χ2n) is 6.78. The Hall–Kier alpha value is -1.39. The highest BCUT2D eigenvalue weighted by molar-refractivity contribution is 5.78. The summed E-state index contributed by atoms with van der Waals surface area (Å²) in [6, 6.07) is 10.7. The molecule has 0 aromatic heterocycles. The van der Waals surface area contributed by atoms with Gasteiger partial charge in [0, 0.05) is 26.2 Å². The molecule has 0 aliphatic carbocycles. The number of carbonyl (C=O) groups is 1. The number of hydrogen-bond acceptors (Lipinski definition) is 3.